The molecular weight excluding hydrogens is 326 g/mol. The van der Waals surface area contributed by atoms with E-state index in [9.17, 15) is 13.0 Å². The van der Waals surface area contributed by atoms with E-state index in [1.165, 1.54) is 83.6 Å². The minimum absolute atomic E-state index is 0.808. The van der Waals surface area contributed by atoms with Gasteiger partial charge >= 0.3 is 0 Å². The second-order valence-corrected chi connectivity index (χ2v) is 8.63. The summed E-state index contributed by atoms with van der Waals surface area (Å²) in [5.41, 5.74) is 0. The lowest BCUT2D eigenvalue weighted by Gasteiger charge is -2.23. The summed E-state index contributed by atoms with van der Waals surface area (Å²) in [6.45, 7) is 3.62. The molecule has 0 rings (SSSR count). The first-order valence-electron chi connectivity index (χ1n) is 9.44. The van der Waals surface area contributed by atoms with Crippen molar-refractivity contribution in [1.29, 1.82) is 0 Å². The van der Waals surface area contributed by atoms with Crippen LogP contribution in [0.3, 0.4) is 0 Å². The number of unbranched alkanes of at least 4 members (excludes halogenated alkanes) is 11. The summed E-state index contributed by atoms with van der Waals surface area (Å²) in [4.78, 5) is 0. The highest BCUT2D eigenvalue weighted by atomic mass is 32.3. The van der Waals surface area contributed by atoms with E-state index in [0.717, 1.165) is 11.6 Å². The van der Waals surface area contributed by atoms with Gasteiger partial charge in [0.15, 0.2) is 0 Å². The summed E-state index contributed by atoms with van der Waals surface area (Å²) in [5.74, 6) is 0. The van der Waals surface area contributed by atoms with Crippen LogP contribution in [-0.2, 0) is 14.6 Å². The first kappa shape index (κ1) is 26.1. The van der Waals surface area contributed by atoms with Crippen molar-refractivity contribution in [3.05, 3.63) is 0 Å². The Labute approximate surface area is 151 Å². The van der Waals surface area contributed by atoms with Gasteiger partial charge in [-0.05, 0) is 12.8 Å². The molecule has 148 valence electrons. The molecule has 0 saturated carbocycles. The van der Waals surface area contributed by atoms with Gasteiger partial charge < -0.3 is 9.04 Å². The largest absolute Gasteiger partial charge is 0.726 e. The summed E-state index contributed by atoms with van der Waals surface area (Å²) < 4.78 is 32.1. The topological polar surface area (TPSA) is 66.4 Å². The molecule has 5 nitrogen and oxygen atoms in total. The van der Waals surface area contributed by atoms with Gasteiger partial charge in [-0.1, -0.05) is 71.1 Å². The van der Waals surface area contributed by atoms with Crippen molar-refractivity contribution in [2.45, 2.75) is 84.0 Å². The second-order valence-electron chi connectivity index (χ2n) is 7.48. The van der Waals surface area contributed by atoms with E-state index >= 15 is 0 Å². The quantitative estimate of drug-likeness (QED) is 0.196. The van der Waals surface area contributed by atoms with Crippen LogP contribution in [0, 0.1) is 0 Å². The first-order chi connectivity index (χ1) is 11.1. The Balaban J connectivity index is 0. The van der Waals surface area contributed by atoms with Gasteiger partial charge in [-0.15, -0.1) is 0 Å². The van der Waals surface area contributed by atoms with Crippen LogP contribution in [0.1, 0.15) is 84.0 Å². The molecule has 0 amide bonds. The molecule has 0 unspecified atom stereocenters. The standard InChI is InChI=1S/C17H38N.CH4O4S/c1-5-6-7-8-9-10-11-12-13-14-15-16-17-18(2,3)4;1-5-6(2,3)4/h5-17H2,1-4H3;1H3,(H,2,3,4)/q+1;/p-1. The Kier molecular flexibility index (Phi) is 17.7. The van der Waals surface area contributed by atoms with E-state index in [0.29, 0.717) is 0 Å². The molecule has 0 spiro atoms. The SMILES string of the molecule is CCCCCCCCCCCCCC[N+](C)(C)C.COS(=O)(=O)[O-]. The normalized spacial score (nSPS) is 11.9. The van der Waals surface area contributed by atoms with Crippen LogP contribution in [0.4, 0.5) is 0 Å². The Morgan fingerprint density at radius 1 is 0.750 bits per heavy atom. The van der Waals surface area contributed by atoms with E-state index < -0.39 is 10.4 Å². The fraction of sp³-hybridized carbons (Fsp3) is 1.00. The lowest BCUT2D eigenvalue weighted by atomic mass is 10.1. The number of quaternary nitrogens is 1. The van der Waals surface area contributed by atoms with Gasteiger partial charge in [0.2, 0.25) is 10.4 Å². The van der Waals surface area contributed by atoms with Crippen molar-refractivity contribution in [2.75, 3.05) is 34.8 Å². The minimum Gasteiger partial charge on any atom is -0.726 e. The molecule has 0 saturated heterocycles. The third-order valence-electron chi connectivity index (χ3n) is 3.89. The molecule has 0 aliphatic carbocycles. The van der Waals surface area contributed by atoms with Crippen molar-refractivity contribution in [2.24, 2.45) is 0 Å². The summed E-state index contributed by atoms with van der Waals surface area (Å²) >= 11 is 0. The zero-order chi connectivity index (χ0) is 18.9. The molecule has 0 aromatic carbocycles. The van der Waals surface area contributed by atoms with Gasteiger partial charge in [0.1, 0.15) is 0 Å². The van der Waals surface area contributed by atoms with Gasteiger partial charge in [0.05, 0.1) is 34.8 Å². The van der Waals surface area contributed by atoms with Crippen LogP contribution in [-0.4, -0.2) is 52.3 Å². The van der Waals surface area contributed by atoms with Crippen LogP contribution < -0.4 is 0 Å². The number of hydrogen-bond acceptors (Lipinski definition) is 4. The van der Waals surface area contributed by atoms with Gasteiger partial charge in [-0.2, -0.15) is 0 Å². The van der Waals surface area contributed by atoms with Crippen LogP contribution >= 0.6 is 0 Å². The predicted octanol–water partition coefficient (Wildman–Crippen LogP) is 4.49. The maximum Gasteiger partial charge on any atom is 0.217 e. The minimum atomic E-state index is -4.41. The molecule has 6 heteroatoms. The van der Waals surface area contributed by atoms with Crippen molar-refractivity contribution in [1.82, 2.24) is 0 Å². The van der Waals surface area contributed by atoms with Gasteiger partial charge in [-0.3, -0.25) is 4.18 Å². The molecule has 0 aromatic heterocycles. The molecule has 0 aliphatic heterocycles. The van der Waals surface area contributed by atoms with Crippen molar-refractivity contribution >= 4 is 10.4 Å². The Morgan fingerprint density at radius 3 is 1.29 bits per heavy atom. The molecular formula is C18H41NO4S. The lowest BCUT2D eigenvalue weighted by molar-refractivity contribution is -0.870. The maximum atomic E-state index is 9.22. The Morgan fingerprint density at radius 2 is 1.04 bits per heavy atom. The molecule has 0 radical (unpaired) electrons. The zero-order valence-corrected chi connectivity index (χ0v) is 17.5. The molecule has 0 N–H and O–H groups in total. The zero-order valence-electron chi connectivity index (χ0n) is 16.7. The maximum absolute atomic E-state index is 9.22. The molecule has 0 aliphatic rings. The molecule has 24 heavy (non-hydrogen) atoms. The van der Waals surface area contributed by atoms with Crippen molar-refractivity contribution < 1.29 is 21.6 Å². The Hall–Kier alpha value is -0.170. The average Bonchev–Trinajstić information content (AvgIpc) is 2.47. The van der Waals surface area contributed by atoms with E-state index in [1.807, 2.05) is 0 Å². The molecule has 0 atom stereocenters. The van der Waals surface area contributed by atoms with Crippen molar-refractivity contribution in [3.63, 3.8) is 0 Å². The molecule has 0 fully saturated rings. The summed E-state index contributed by atoms with van der Waals surface area (Å²) in [6.07, 6.45) is 17.4. The second kappa shape index (κ2) is 16.3. The first-order valence-corrected chi connectivity index (χ1v) is 10.8. The van der Waals surface area contributed by atoms with Crippen LogP contribution in [0.2, 0.25) is 0 Å². The third kappa shape index (κ3) is 29.8. The van der Waals surface area contributed by atoms with E-state index in [-0.39, 0.29) is 0 Å². The monoisotopic (exact) mass is 367 g/mol. The predicted molar refractivity (Wildman–Crippen MR) is 101 cm³/mol. The fourth-order valence-electron chi connectivity index (χ4n) is 2.43. The number of hydrogen-bond donors (Lipinski definition) is 0. The highest BCUT2D eigenvalue weighted by molar-refractivity contribution is 7.80. The molecule has 0 aromatic rings. The third-order valence-corrected chi connectivity index (χ3v) is 4.29. The molecule has 0 heterocycles. The van der Waals surface area contributed by atoms with E-state index in [2.05, 4.69) is 32.2 Å². The van der Waals surface area contributed by atoms with Crippen LogP contribution in [0.15, 0.2) is 0 Å². The lowest BCUT2D eigenvalue weighted by Crippen LogP contribution is -2.35. The summed E-state index contributed by atoms with van der Waals surface area (Å²) in [6, 6.07) is 0. The highest BCUT2D eigenvalue weighted by Crippen LogP contribution is 2.12. The average molecular weight is 368 g/mol. The molecule has 0 bridgehead atoms. The van der Waals surface area contributed by atoms with Gasteiger partial charge in [0, 0.05) is 0 Å². The fourth-order valence-corrected chi connectivity index (χ4v) is 2.43. The van der Waals surface area contributed by atoms with E-state index in [4.69, 9.17) is 0 Å². The van der Waals surface area contributed by atoms with Crippen LogP contribution in [0.5, 0.6) is 0 Å². The van der Waals surface area contributed by atoms with E-state index in [1.54, 1.807) is 0 Å². The number of nitrogens with zero attached hydrogens (tertiary/aromatic N) is 1. The van der Waals surface area contributed by atoms with Gasteiger partial charge in [-0.25, -0.2) is 8.42 Å². The van der Waals surface area contributed by atoms with Crippen LogP contribution in [0.25, 0.3) is 0 Å². The van der Waals surface area contributed by atoms with Gasteiger partial charge in [0.25, 0.3) is 0 Å². The summed E-state index contributed by atoms with van der Waals surface area (Å²) in [5, 5.41) is 0. The summed E-state index contributed by atoms with van der Waals surface area (Å²) in [7, 11) is 3.27. The number of rotatable bonds is 14. The Bertz CT molecular complexity index is 351. The highest BCUT2D eigenvalue weighted by Gasteiger charge is 2.04. The smallest absolute Gasteiger partial charge is 0.217 e. The van der Waals surface area contributed by atoms with Crippen molar-refractivity contribution in [3.8, 4) is 0 Å².